The molecule has 2 aliphatic rings. The lowest BCUT2D eigenvalue weighted by molar-refractivity contribution is 0.0711. The van der Waals surface area contributed by atoms with Gasteiger partial charge in [-0.05, 0) is 51.0 Å². The number of sulfonamides is 1. The number of hydrogen-bond acceptors (Lipinski definition) is 5. The first kappa shape index (κ1) is 21.1. The van der Waals surface area contributed by atoms with Gasteiger partial charge in [-0.15, -0.1) is 0 Å². The second-order valence-electron chi connectivity index (χ2n) is 8.12. The van der Waals surface area contributed by atoms with Crippen LogP contribution in [0.15, 0.2) is 24.3 Å². The van der Waals surface area contributed by atoms with Crippen molar-refractivity contribution >= 4 is 21.6 Å². The monoisotopic (exact) mass is 408 g/mol. The summed E-state index contributed by atoms with van der Waals surface area (Å²) in [7, 11) is -3.20. The molecule has 28 heavy (non-hydrogen) atoms. The molecule has 2 heterocycles. The molecule has 0 atom stereocenters. The lowest BCUT2D eigenvalue weighted by atomic mass is 10.0. The Labute approximate surface area is 168 Å². The molecule has 8 heteroatoms. The molecule has 2 fully saturated rings. The molecule has 0 unspecified atom stereocenters. The zero-order chi connectivity index (χ0) is 20.3. The third-order valence-electron chi connectivity index (χ3n) is 5.69. The van der Waals surface area contributed by atoms with Crippen molar-refractivity contribution in [3.05, 3.63) is 29.8 Å². The van der Waals surface area contributed by atoms with E-state index in [-0.39, 0.29) is 11.9 Å². The number of carbonyl (C=O) groups is 1. The van der Waals surface area contributed by atoms with Gasteiger partial charge in [0.15, 0.2) is 0 Å². The third-order valence-corrected chi connectivity index (χ3v) is 6.45. The molecule has 0 bridgehead atoms. The molecule has 2 saturated heterocycles. The molecule has 1 N–H and O–H groups in total. The van der Waals surface area contributed by atoms with Gasteiger partial charge in [0.1, 0.15) is 0 Å². The predicted octanol–water partition coefficient (Wildman–Crippen LogP) is 1.37. The average molecular weight is 409 g/mol. The highest BCUT2D eigenvalue weighted by molar-refractivity contribution is 7.88. The normalized spacial score (nSPS) is 20.0. The molecule has 1 aromatic rings. The van der Waals surface area contributed by atoms with Crippen LogP contribution in [0.2, 0.25) is 0 Å². The number of rotatable bonds is 5. The Bertz CT molecular complexity index is 763. The van der Waals surface area contributed by atoms with Gasteiger partial charge in [0.25, 0.3) is 5.91 Å². The van der Waals surface area contributed by atoms with Crippen LogP contribution >= 0.6 is 0 Å². The summed E-state index contributed by atoms with van der Waals surface area (Å²) in [6, 6.07) is 8.40. The molecule has 7 nitrogen and oxygen atoms in total. The third kappa shape index (κ3) is 5.46. The molecule has 0 aliphatic carbocycles. The highest BCUT2D eigenvalue weighted by Crippen LogP contribution is 2.20. The fourth-order valence-electron chi connectivity index (χ4n) is 4.00. The highest BCUT2D eigenvalue weighted by atomic mass is 32.2. The Morgan fingerprint density at radius 1 is 1.00 bits per heavy atom. The van der Waals surface area contributed by atoms with Gasteiger partial charge in [0.2, 0.25) is 10.0 Å². The number of carbonyl (C=O) groups excluding carboxylic acids is 1. The second kappa shape index (κ2) is 8.80. The largest absolute Gasteiger partial charge is 0.369 e. The van der Waals surface area contributed by atoms with E-state index in [2.05, 4.69) is 28.4 Å². The quantitative estimate of drug-likeness (QED) is 0.797. The van der Waals surface area contributed by atoms with Crippen LogP contribution in [0.1, 0.15) is 37.0 Å². The minimum atomic E-state index is -3.20. The Morgan fingerprint density at radius 2 is 1.57 bits per heavy atom. The van der Waals surface area contributed by atoms with E-state index in [1.54, 1.807) is 0 Å². The van der Waals surface area contributed by atoms with Crippen molar-refractivity contribution in [3.63, 3.8) is 0 Å². The summed E-state index contributed by atoms with van der Waals surface area (Å²) in [5.41, 5.74) is 1.86. The van der Waals surface area contributed by atoms with Gasteiger partial charge in [0, 0.05) is 62.6 Å². The number of nitrogens with one attached hydrogen (secondary N) is 1. The van der Waals surface area contributed by atoms with E-state index in [1.165, 1.54) is 6.26 Å². The van der Waals surface area contributed by atoms with Gasteiger partial charge in [-0.3, -0.25) is 9.69 Å². The number of piperidine rings is 1. The summed E-state index contributed by atoms with van der Waals surface area (Å²) in [5, 5.41) is 0. The highest BCUT2D eigenvalue weighted by Gasteiger charge is 2.25. The maximum atomic E-state index is 12.8. The van der Waals surface area contributed by atoms with Gasteiger partial charge in [-0.1, -0.05) is 0 Å². The van der Waals surface area contributed by atoms with Crippen molar-refractivity contribution < 1.29 is 13.2 Å². The fraction of sp³-hybridized carbons (Fsp3) is 0.650. The average Bonchev–Trinajstić information content (AvgIpc) is 2.67. The topological polar surface area (TPSA) is 73.0 Å². The molecule has 0 radical (unpaired) electrons. The number of piperazine rings is 1. The van der Waals surface area contributed by atoms with Crippen molar-refractivity contribution in [3.8, 4) is 0 Å². The molecule has 1 amide bonds. The van der Waals surface area contributed by atoms with Crippen molar-refractivity contribution in [2.75, 3.05) is 50.4 Å². The van der Waals surface area contributed by atoms with Crippen LogP contribution in [0.5, 0.6) is 0 Å². The molecule has 0 spiro atoms. The van der Waals surface area contributed by atoms with Crippen LogP contribution in [0, 0.1) is 0 Å². The van der Waals surface area contributed by atoms with E-state index in [0.717, 1.165) is 31.9 Å². The van der Waals surface area contributed by atoms with Crippen LogP contribution in [0.3, 0.4) is 0 Å². The molecule has 3 rings (SSSR count). The minimum Gasteiger partial charge on any atom is -0.369 e. The minimum absolute atomic E-state index is 0.0222. The van der Waals surface area contributed by atoms with Crippen LogP contribution < -0.4 is 9.62 Å². The van der Waals surface area contributed by atoms with Gasteiger partial charge >= 0.3 is 0 Å². The summed E-state index contributed by atoms with van der Waals surface area (Å²) in [6.45, 7) is 9.75. The molecule has 1 aromatic carbocycles. The van der Waals surface area contributed by atoms with Crippen LogP contribution in [-0.4, -0.2) is 81.7 Å². The number of amides is 1. The van der Waals surface area contributed by atoms with E-state index in [1.807, 2.05) is 29.2 Å². The summed E-state index contributed by atoms with van der Waals surface area (Å²) < 4.78 is 25.3. The van der Waals surface area contributed by atoms with Gasteiger partial charge in [-0.2, -0.15) is 0 Å². The van der Waals surface area contributed by atoms with Crippen LogP contribution in [0.25, 0.3) is 0 Å². The Balaban J connectivity index is 1.53. The lowest BCUT2D eigenvalue weighted by Gasteiger charge is -2.38. The molecule has 2 aliphatic heterocycles. The van der Waals surface area contributed by atoms with Crippen molar-refractivity contribution in [1.82, 2.24) is 14.5 Å². The first-order valence-electron chi connectivity index (χ1n) is 10.1. The summed E-state index contributed by atoms with van der Waals surface area (Å²) in [5.74, 6) is 0.0222. The first-order chi connectivity index (χ1) is 13.2. The van der Waals surface area contributed by atoms with E-state index in [0.29, 0.717) is 37.5 Å². The fourth-order valence-corrected chi connectivity index (χ4v) is 4.84. The van der Waals surface area contributed by atoms with Crippen molar-refractivity contribution in [2.45, 2.75) is 38.8 Å². The van der Waals surface area contributed by atoms with Gasteiger partial charge in [-0.25, -0.2) is 13.1 Å². The molecule has 0 saturated carbocycles. The maximum absolute atomic E-state index is 12.8. The van der Waals surface area contributed by atoms with Crippen molar-refractivity contribution in [2.24, 2.45) is 0 Å². The summed E-state index contributed by atoms with van der Waals surface area (Å²) in [6.07, 6.45) is 2.48. The number of likely N-dealkylation sites (tertiary alicyclic amines) is 1. The predicted molar refractivity (Wildman–Crippen MR) is 112 cm³/mol. The van der Waals surface area contributed by atoms with Gasteiger partial charge in [0.05, 0.1) is 6.26 Å². The summed E-state index contributed by atoms with van der Waals surface area (Å²) in [4.78, 5) is 19.4. The van der Waals surface area contributed by atoms with E-state index in [4.69, 9.17) is 0 Å². The van der Waals surface area contributed by atoms with E-state index < -0.39 is 10.0 Å². The molecular weight excluding hydrogens is 376 g/mol. The number of anilines is 1. The smallest absolute Gasteiger partial charge is 0.253 e. The number of hydrogen-bond donors (Lipinski definition) is 1. The van der Waals surface area contributed by atoms with E-state index >= 15 is 0 Å². The molecule has 0 aromatic heterocycles. The Hall–Kier alpha value is -1.64. The SMILES string of the molecule is CC(C)N1CCN(c2ccc(C(=O)N3CCC(NS(C)(=O)=O)CC3)cc2)CC1. The molecule has 156 valence electrons. The maximum Gasteiger partial charge on any atom is 0.253 e. The zero-order valence-electron chi connectivity index (χ0n) is 17.1. The lowest BCUT2D eigenvalue weighted by Crippen LogP contribution is -2.48. The van der Waals surface area contributed by atoms with Crippen LogP contribution in [-0.2, 0) is 10.0 Å². The first-order valence-corrected chi connectivity index (χ1v) is 12.0. The Morgan fingerprint density at radius 3 is 2.07 bits per heavy atom. The Kier molecular flexibility index (Phi) is 6.62. The van der Waals surface area contributed by atoms with Crippen LogP contribution in [0.4, 0.5) is 5.69 Å². The zero-order valence-corrected chi connectivity index (χ0v) is 17.9. The molecular formula is C20H32N4O3S. The van der Waals surface area contributed by atoms with Crippen molar-refractivity contribution in [1.29, 1.82) is 0 Å². The second-order valence-corrected chi connectivity index (χ2v) is 9.90. The summed E-state index contributed by atoms with van der Waals surface area (Å²) >= 11 is 0. The number of benzene rings is 1. The standard InChI is InChI=1S/C20H32N4O3S/c1-16(2)22-12-14-23(15-13-22)19-6-4-17(5-7-19)20(25)24-10-8-18(9-11-24)21-28(3,26)27/h4-7,16,18,21H,8-15H2,1-3H3. The number of nitrogens with zero attached hydrogens (tertiary/aromatic N) is 3. The van der Waals surface area contributed by atoms with Gasteiger partial charge < -0.3 is 9.80 Å². The van der Waals surface area contributed by atoms with E-state index in [9.17, 15) is 13.2 Å².